The number of hydrogen-bond donors (Lipinski definition) is 1. The molecule has 1 aromatic rings. The molecule has 0 atom stereocenters. The van der Waals surface area contributed by atoms with Crippen LogP contribution in [0.25, 0.3) is 0 Å². The van der Waals surface area contributed by atoms with E-state index in [0.717, 1.165) is 6.54 Å². The van der Waals surface area contributed by atoms with Crippen LogP contribution in [0.4, 0.5) is 0 Å². The van der Waals surface area contributed by atoms with E-state index >= 15 is 0 Å². The van der Waals surface area contributed by atoms with Gasteiger partial charge in [-0.15, -0.1) is 0 Å². The van der Waals surface area contributed by atoms with Gasteiger partial charge in [0, 0.05) is 6.54 Å². The van der Waals surface area contributed by atoms with Gasteiger partial charge in [-0.2, -0.15) is 5.10 Å². The van der Waals surface area contributed by atoms with Gasteiger partial charge in [0.1, 0.15) is 11.3 Å². The third-order valence-electron chi connectivity index (χ3n) is 2.32. The van der Waals surface area contributed by atoms with Crippen LogP contribution in [-0.4, -0.2) is 51.8 Å². The highest BCUT2D eigenvalue weighted by Gasteiger charge is 2.30. The van der Waals surface area contributed by atoms with Crippen molar-refractivity contribution in [2.45, 2.75) is 26.0 Å². The fourth-order valence-electron chi connectivity index (χ4n) is 1.34. The highest BCUT2D eigenvalue weighted by molar-refractivity contribution is 9.10. The Morgan fingerprint density at radius 3 is 2.65 bits per heavy atom. The third kappa shape index (κ3) is 3.62. The van der Waals surface area contributed by atoms with Crippen LogP contribution in [0.2, 0.25) is 0 Å². The molecule has 96 valence electrons. The number of likely N-dealkylation sites (N-methyl/N-ethyl adjacent to an activating group) is 1. The Balaban J connectivity index is 2.98. The Morgan fingerprint density at radius 1 is 1.59 bits per heavy atom. The van der Waals surface area contributed by atoms with E-state index in [0.29, 0.717) is 16.7 Å². The van der Waals surface area contributed by atoms with Crippen LogP contribution >= 0.6 is 15.9 Å². The maximum Gasteiger partial charge on any atom is 0.212 e. The topological polar surface area (TPSA) is 58.4 Å². The second-order valence-electron chi connectivity index (χ2n) is 4.76. The van der Waals surface area contributed by atoms with Crippen LogP contribution in [0, 0.1) is 0 Å². The molecule has 0 saturated heterocycles. The van der Waals surface area contributed by atoms with Crippen molar-refractivity contribution in [3.63, 3.8) is 0 Å². The maximum atomic E-state index is 12.1. The molecule has 0 spiro atoms. The number of nitrogens with zero attached hydrogens (tertiary/aromatic N) is 3. The van der Waals surface area contributed by atoms with Gasteiger partial charge in [-0.3, -0.25) is 9.48 Å². The lowest BCUT2D eigenvalue weighted by atomic mass is 10.0. The average molecular weight is 304 g/mol. The van der Waals surface area contributed by atoms with Crippen molar-refractivity contribution >= 4 is 21.7 Å². The molecule has 6 heteroatoms. The number of rotatable bonds is 5. The fourth-order valence-corrected chi connectivity index (χ4v) is 1.82. The molecule has 17 heavy (non-hydrogen) atoms. The summed E-state index contributed by atoms with van der Waals surface area (Å²) in [5.41, 5.74) is -0.974. The van der Waals surface area contributed by atoms with Gasteiger partial charge in [-0.25, -0.2) is 0 Å². The molecule has 0 saturated carbocycles. The molecule has 1 aromatic heterocycles. The zero-order valence-corrected chi connectivity index (χ0v) is 12.2. The predicted molar refractivity (Wildman–Crippen MR) is 69.1 cm³/mol. The Morgan fingerprint density at radius 2 is 2.18 bits per heavy atom. The monoisotopic (exact) mass is 303 g/mol. The number of aromatic nitrogens is 2. The lowest BCUT2D eigenvalue weighted by Gasteiger charge is -2.17. The van der Waals surface area contributed by atoms with Crippen molar-refractivity contribution in [3.05, 3.63) is 16.4 Å². The van der Waals surface area contributed by atoms with E-state index < -0.39 is 5.60 Å². The Kier molecular flexibility index (Phi) is 4.46. The number of carbonyl (C=O) groups is 1. The summed E-state index contributed by atoms with van der Waals surface area (Å²) in [6.07, 6.45) is 1.58. The highest BCUT2D eigenvalue weighted by Crippen LogP contribution is 2.21. The molecule has 5 nitrogen and oxygen atoms in total. The molecular weight excluding hydrogens is 286 g/mol. The molecule has 0 aliphatic carbocycles. The van der Waals surface area contributed by atoms with Gasteiger partial charge in [0.25, 0.3) is 0 Å². The number of ketones is 1. The van der Waals surface area contributed by atoms with Crippen molar-refractivity contribution in [2.24, 2.45) is 0 Å². The lowest BCUT2D eigenvalue weighted by Crippen LogP contribution is -2.34. The minimum Gasteiger partial charge on any atom is -0.382 e. The van der Waals surface area contributed by atoms with E-state index in [1.807, 2.05) is 19.0 Å². The first kappa shape index (κ1) is 14.3. The summed E-state index contributed by atoms with van der Waals surface area (Å²) >= 11 is 3.29. The Bertz CT molecular complexity index is 407. The number of halogens is 1. The molecule has 1 heterocycles. The van der Waals surface area contributed by atoms with Gasteiger partial charge < -0.3 is 10.0 Å². The standard InChI is InChI=1S/C11H18BrN3O2/c1-11(2,17)10(16)9-8(12)7-13-15(9)6-5-14(3)4/h7,17H,5-6H2,1-4H3. The van der Waals surface area contributed by atoms with Crippen molar-refractivity contribution < 1.29 is 9.90 Å². The largest absolute Gasteiger partial charge is 0.382 e. The number of carbonyl (C=O) groups excluding carboxylic acids is 1. The van der Waals surface area contributed by atoms with Gasteiger partial charge in [0.15, 0.2) is 0 Å². The molecule has 1 rings (SSSR count). The molecule has 0 radical (unpaired) electrons. The van der Waals surface area contributed by atoms with E-state index in [4.69, 9.17) is 0 Å². The smallest absolute Gasteiger partial charge is 0.212 e. The SMILES string of the molecule is CN(C)CCn1ncc(Br)c1C(=O)C(C)(C)O. The van der Waals surface area contributed by atoms with E-state index in [1.54, 1.807) is 10.9 Å². The first-order chi connectivity index (χ1) is 7.73. The summed E-state index contributed by atoms with van der Waals surface area (Å²) in [6, 6.07) is 0. The average Bonchev–Trinajstić information content (AvgIpc) is 2.54. The third-order valence-corrected chi connectivity index (χ3v) is 2.90. The molecule has 1 N–H and O–H groups in total. The summed E-state index contributed by atoms with van der Waals surface area (Å²) < 4.78 is 2.23. The Hall–Kier alpha value is -0.720. The van der Waals surface area contributed by atoms with Crippen molar-refractivity contribution in [2.75, 3.05) is 20.6 Å². The second kappa shape index (κ2) is 5.29. The first-order valence-corrected chi connectivity index (χ1v) is 6.16. The highest BCUT2D eigenvalue weighted by atomic mass is 79.9. The van der Waals surface area contributed by atoms with Crippen LogP contribution in [0.15, 0.2) is 10.7 Å². The summed E-state index contributed by atoms with van der Waals surface area (Å²) in [7, 11) is 3.91. The van der Waals surface area contributed by atoms with E-state index in [2.05, 4.69) is 21.0 Å². The second-order valence-corrected chi connectivity index (χ2v) is 5.61. The first-order valence-electron chi connectivity index (χ1n) is 5.36. The molecule has 0 unspecified atom stereocenters. The molecule has 0 fully saturated rings. The van der Waals surface area contributed by atoms with Crippen LogP contribution < -0.4 is 0 Å². The lowest BCUT2D eigenvalue weighted by molar-refractivity contribution is 0.0474. The quantitative estimate of drug-likeness (QED) is 0.829. The van der Waals surface area contributed by atoms with Crippen molar-refractivity contribution in [1.29, 1.82) is 0 Å². The van der Waals surface area contributed by atoms with E-state index in [-0.39, 0.29) is 5.78 Å². The van der Waals surface area contributed by atoms with Crippen LogP contribution in [-0.2, 0) is 6.54 Å². The summed E-state index contributed by atoms with van der Waals surface area (Å²) in [6.45, 7) is 4.34. The molecule has 0 bridgehead atoms. The zero-order valence-electron chi connectivity index (χ0n) is 10.6. The van der Waals surface area contributed by atoms with Crippen LogP contribution in [0.3, 0.4) is 0 Å². The summed E-state index contributed by atoms with van der Waals surface area (Å²) in [5.74, 6) is -0.333. The number of aliphatic hydroxyl groups is 1. The fraction of sp³-hybridized carbons (Fsp3) is 0.636. The van der Waals surface area contributed by atoms with E-state index in [1.165, 1.54) is 13.8 Å². The minimum atomic E-state index is -1.39. The van der Waals surface area contributed by atoms with Gasteiger partial charge in [0.2, 0.25) is 5.78 Å². The number of hydrogen-bond acceptors (Lipinski definition) is 4. The zero-order chi connectivity index (χ0) is 13.2. The molecular formula is C11H18BrN3O2. The maximum absolute atomic E-state index is 12.1. The van der Waals surface area contributed by atoms with Crippen molar-refractivity contribution in [3.8, 4) is 0 Å². The van der Waals surface area contributed by atoms with Gasteiger partial charge in [0.05, 0.1) is 17.2 Å². The Labute approximate surface area is 110 Å². The van der Waals surface area contributed by atoms with Crippen molar-refractivity contribution in [1.82, 2.24) is 14.7 Å². The molecule has 0 aliphatic rings. The van der Waals surface area contributed by atoms with Gasteiger partial charge in [-0.05, 0) is 43.9 Å². The van der Waals surface area contributed by atoms with Gasteiger partial charge >= 0.3 is 0 Å². The summed E-state index contributed by atoms with van der Waals surface area (Å²) in [4.78, 5) is 14.1. The molecule has 0 aliphatic heterocycles. The van der Waals surface area contributed by atoms with Gasteiger partial charge in [-0.1, -0.05) is 0 Å². The normalized spacial score (nSPS) is 12.2. The summed E-state index contributed by atoms with van der Waals surface area (Å²) in [5, 5.41) is 13.9. The minimum absolute atomic E-state index is 0.333. The van der Waals surface area contributed by atoms with Crippen LogP contribution in [0.5, 0.6) is 0 Å². The van der Waals surface area contributed by atoms with Crippen LogP contribution in [0.1, 0.15) is 24.3 Å². The molecule has 0 amide bonds. The van der Waals surface area contributed by atoms with E-state index in [9.17, 15) is 9.90 Å². The molecule has 0 aromatic carbocycles. The predicted octanol–water partition coefficient (Wildman–Crippen LogP) is 1.16. The number of Topliss-reactive ketones (excluding diaryl/α,β-unsaturated/α-hetero) is 1.